The maximum Gasteiger partial charge on any atom is 0.331 e. The summed E-state index contributed by atoms with van der Waals surface area (Å²) in [6, 6.07) is 19.8. The molecule has 4 heteroatoms. The maximum atomic E-state index is 13.0. The van der Waals surface area contributed by atoms with Gasteiger partial charge in [0.2, 0.25) is 0 Å². The van der Waals surface area contributed by atoms with E-state index < -0.39 is 0 Å². The Balaban J connectivity index is 1.60. The summed E-state index contributed by atoms with van der Waals surface area (Å²) in [4.78, 5) is 13.0. The third-order valence-corrected chi connectivity index (χ3v) is 4.87. The highest BCUT2D eigenvalue weighted by Crippen LogP contribution is 2.27. The van der Waals surface area contributed by atoms with E-state index in [1.165, 1.54) is 0 Å². The molecule has 0 aliphatic carbocycles. The Morgan fingerprint density at radius 2 is 1.92 bits per heavy atom. The lowest BCUT2D eigenvalue weighted by Crippen LogP contribution is -2.38. The number of para-hydroxylation sites is 1. The van der Waals surface area contributed by atoms with Crippen molar-refractivity contribution in [3.63, 3.8) is 0 Å². The molecule has 1 aliphatic rings. The molecule has 0 amide bonds. The second-order valence-electron chi connectivity index (χ2n) is 6.52. The van der Waals surface area contributed by atoms with Crippen LogP contribution in [-0.4, -0.2) is 23.1 Å². The molecule has 2 unspecified atom stereocenters. The largest absolute Gasteiger partial charge is 0.459 e. The van der Waals surface area contributed by atoms with Crippen molar-refractivity contribution in [2.75, 3.05) is 6.54 Å². The van der Waals surface area contributed by atoms with E-state index in [4.69, 9.17) is 4.74 Å². The minimum atomic E-state index is -0.342. The van der Waals surface area contributed by atoms with Crippen molar-refractivity contribution in [1.82, 2.24) is 9.88 Å². The fraction of sp³-hybridized carbons (Fsp3) is 0.286. The first-order chi connectivity index (χ1) is 12.3. The number of hydrogen-bond donors (Lipinski definition) is 1. The van der Waals surface area contributed by atoms with Crippen molar-refractivity contribution in [1.29, 1.82) is 0 Å². The van der Waals surface area contributed by atoms with Crippen LogP contribution in [0, 0.1) is 0 Å². The second-order valence-corrected chi connectivity index (χ2v) is 6.52. The Morgan fingerprint density at radius 3 is 2.72 bits per heavy atom. The lowest BCUT2D eigenvalue weighted by atomic mass is 10.1. The lowest BCUT2D eigenvalue weighted by Gasteiger charge is -2.25. The van der Waals surface area contributed by atoms with Crippen molar-refractivity contribution >= 4 is 16.9 Å². The highest BCUT2D eigenvalue weighted by atomic mass is 16.5. The molecule has 4 nitrogen and oxygen atoms in total. The van der Waals surface area contributed by atoms with Gasteiger partial charge in [-0.05, 0) is 42.5 Å². The number of carbonyl (C=O) groups is 1. The van der Waals surface area contributed by atoms with Crippen molar-refractivity contribution in [3.8, 4) is 0 Å². The summed E-state index contributed by atoms with van der Waals surface area (Å²) >= 11 is 0. The van der Waals surface area contributed by atoms with Crippen LogP contribution in [0.25, 0.3) is 10.9 Å². The van der Waals surface area contributed by atoms with Crippen LogP contribution in [0.15, 0.2) is 66.9 Å². The highest BCUT2D eigenvalue weighted by Gasteiger charge is 2.33. The van der Waals surface area contributed by atoms with Gasteiger partial charge in [0.25, 0.3) is 0 Å². The predicted octanol–water partition coefficient (Wildman–Crippen LogP) is 3.68. The number of carbonyl (C=O) groups excluding carboxylic acids is 1. The minimum absolute atomic E-state index is 0.110. The molecule has 0 bridgehead atoms. The summed E-state index contributed by atoms with van der Waals surface area (Å²) in [5.74, 6) is -0.176. The van der Waals surface area contributed by atoms with E-state index in [1.807, 2.05) is 48.7 Å². The molecule has 1 saturated heterocycles. The molecule has 25 heavy (non-hydrogen) atoms. The molecule has 2 heterocycles. The van der Waals surface area contributed by atoms with Crippen LogP contribution in [0.3, 0.4) is 0 Å². The van der Waals surface area contributed by atoms with E-state index in [1.54, 1.807) is 0 Å². The molecule has 4 rings (SSSR count). The van der Waals surface area contributed by atoms with Crippen LogP contribution in [0.5, 0.6) is 0 Å². The van der Waals surface area contributed by atoms with Crippen molar-refractivity contribution in [2.24, 2.45) is 0 Å². The number of benzene rings is 2. The van der Waals surface area contributed by atoms with Gasteiger partial charge in [-0.15, -0.1) is 0 Å². The van der Waals surface area contributed by atoms with Crippen LogP contribution in [0.4, 0.5) is 0 Å². The first-order valence-corrected chi connectivity index (χ1v) is 8.82. The molecule has 0 saturated carbocycles. The number of nitrogens with one attached hydrogen (secondary N) is 1. The monoisotopic (exact) mass is 334 g/mol. The summed E-state index contributed by atoms with van der Waals surface area (Å²) in [6.45, 7) is 1.26. The first kappa shape index (κ1) is 15.9. The molecular formula is C21H22N2O2. The van der Waals surface area contributed by atoms with Gasteiger partial charge in [0.1, 0.15) is 12.6 Å². The zero-order valence-corrected chi connectivity index (χ0v) is 14.1. The summed E-state index contributed by atoms with van der Waals surface area (Å²) in [6.07, 6.45) is 4.07. The molecule has 2 atom stereocenters. The van der Waals surface area contributed by atoms with Gasteiger partial charge in [-0.2, -0.15) is 0 Å². The predicted molar refractivity (Wildman–Crippen MR) is 98.2 cm³/mol. The standard InChI is InChI=1S/C21H22N2O2/c24-21(25-15-16-7-2-1-3-8-16)20(18-10-6-13-22-18)23-14-12-17-9-4-5-11-19(17)23/h1-5,7-9,11-12,14,18,20,22H,6,10,13,15H2. The Hall–Kier alpha value is -2.59. The molecule has 128 valence electrons. The molecule has 0 radical (unpaired) electrons. The van der Waals surface area contributed by atoms with Crippen molar-refractivity contribution in [3.05, 3.63) is 72.4 Å². The lowest BCUT2D eigenvalue weighted by molar-refractivity contribution is -0.149. The van der Waals surface area contributed by atoms with Gasteiger partial charge in [-0.1, -0.05) is 48.5 Å². The number of fused-ring (bicyclic) bond motifs is 1. The zero-order valence-electron chi connectivity index (χ0n) is 14.1. The normalized spacial score (nSPS) is 18.3. The topological polar surface area (TPSA) is 43.3 Å². The number of aromatic nitrogens is 1. The molecule has 2 aromatic carbocycles. The fourth-order valence-corrected chi connectivity index (χ4v) is 3.61. The average Bonchev–Trinajstić information content (AvgIpc) is 3.32. The Morgan fingerprint density at radius 1 is 1.12 bits per heavy atom. The highest BCUT2D eigenvalue weighted by molar-refractivity contribution is 5.84. The van der Waals surface area contributed by atoms with Crippen LogP contribution in [-0.2, 0) is 16.1 Å². The van der Waals surface area contributed by atoms with Gasteiger partial charge in [-0.25, -0.2) is 4.79 Å². The molecule has 1 N–H and O–H groups in total. The number of esters is 1. The average molecular weight is 334 g/mol. The number of nitrogens with zero attached hydrogens (tertiary/aromatic N) is 1. The van der Waals surface area contributed by atoms with E-state index in [9.17, 15) is 4.79 Å². The van der Waals surface area contributed by atoms with E-state index in [0.717, 1.165) is 35.9 Å². The maximum absolute atomic E-state index is 13.0. The SMILES string of the molecule is O=C(OCc1ccccc1)C(C1CCCN1)n1ccc2ccccc21. The van der Waals surface area contributed by atoms with Crippen molar-refractivity contribution < 1.29 is 9.53 Å². The second kappa shape index (κ2) is 7.11. The molecule has 0 spiro atoms. The van der Waals surface area contributed by atoms with Gasteiger partial charge >= 0.3 is 5.97 Å². The quantitative estimate of drug-likeness (QED) is 0.724. The van der Waals surface area contributed by atoms with E-state index in [2.05, 4.69) is 28.1 Å². The van der Waals surface area contributed by atoms with E-state index >= 15 is 0 Å². The van der Waals surface area contributed by atoms with Gasteiger partial charge < -0.3 is 14.6 Å². The number of ether oxygens (including phenoxy) is 1. The molecular weight excluding hydrogens is 312 g/mol. The summed E-state index contributed by atoms with van der Waals surface area (Å²) in [5, 5.41) is 4.61. The van der Waals surface area contributed by atoms with Crippen LogP contribution < -0.4 is 5.32 Å². The zero-order chi connectivity index (χ0) is 17.1. The number of rotatable bonds is 5. The molecule has 1 aromatic heterocycles. The minimum Gasteiger partial charge on any atom is -0.459 e. The smallest absolute Gasteiger partial charge is 0.331 e. The van der Waals surface area contributed by atoms with Crippen molar-refractivity contribution in [2.45, 2.75) is 31.5 Å². The number of hydrogen-bond acceptors (Lipinski definition) is 3. The fourth-order valence-electron chi connectivity index (χ4n) is 3.61. The van der Waals surface area contributed by atoms with Crippen LogP contribution >= 0.6 is 0 Å². The van der Waals surface area contributed by atoms with Crippen LogP contribution in [0.1, 0.15) is 24.4 Å². The Kier molecular flexibility index (Phi) is 4.53. The Labute approximate surface area is 147 Å². The first-order valence-electron chi connectivity index (χ1n) is 8.82. The molecule has 1 fully saturated rings. The van der Waals surface area contributed by atoms with E-state index in [0.29, 0.717) is 6.61 Å². The Bertz CT molecular complexity index is 850. The molecule has 1 aliphatic heterocycles. The van der Waals surface area contributed by atoms with Gasteiger partial charge in [0, 0.05) is 17.8 Å². The van der Waals surface area contributed by atoms with Gasteiger partial charge in [0.05, 0.1) is 0 Å². The third kappa shape index (κ3) is 3.30. The molecule has 3 aromatic rings. The summed E-state index contributed by atoms with van der Waals surface area (Å²) < 4.78 is 7.74. The summed E-state index contributed by atoms with van der Waals surface area (Å²) in [5.41, 5.74) is 2.07. The third-order valence-electron chi connectivity index (χ3n) is 4.87. The van der Waals surface area contributed by atoms with E-state index in [-0.39, 0.29) is 18.1 Å². The van der Waals surface area contributed by atoms with Crippen LogP contribution in [0.2, 0.25) is 0 Å². The van der Waals surface area contributed by atoms with Gasteiger partial charge in [-0.3, -0.25) is 0 Å². The van der Waals surface area contributed by atoms with Gasteiger partial charge in [0.15, 0.2) is 0 Å². The summed E-state index contributed by atoms with van der Waals surface area (Å²) in [7, 11) is 0.